The Morgan fingerprint density at radius 2 is 1.91 bits per heavy atom. The Bertz CT molecular complexity index is 1050. The molecule has 2 heterocycles. The van der Waals surface area contributed by atoms with Gasteiger partial charge in [-0.2, -0.15) is 0 Å². The van der Waals surface area contributed by atoms with Crippen LogP contribution >= 0.6 is 23.4 Å². The van der Waals surface area contributed by atoms with Gasteiger partial charge in [-0.3, -0.25) is 4.79 Å². The van der Waals surface area contributed by atoms with E-state index in [0.717, 1.165) is 53.7 Å². The van der Waals surface area contributed by atoms with Crippen molar-refractivity contribution < 1.29 is 9.53 Å². The lowest BCUT2D eigenvalue weighted by Gasteiger charge is -2.20. The van der Waals surface area contributed by atoms with Gasteiger partial charge in [-0.25, -0.2) is 4.98 Å². The molecule has 7 heteroatoms. The fraction of sp³-hybridized carbons (Fsp3) is 0.360. The number of benzene rings is 2. The van der Waals surface area contributed by atoms with Gasteiger partial charge in [-0.15, -0.1) is 0 Å². The van der Waals surface area contributed by atoms with Crippen LogP contribution in [0.3, 0.4) is 0 Å². The summed E-state index contributed by atoms with van der Waals surface area (Å²) in [5, 5.41) is 4.73. The molecule has 2 unspecified atom stereocenters. The highest BCUT2D eigenvalue weighted by atomic mass is 35.5. The van der Waals surface area contributed by atoms with Gasteiger partial charge in [0.15, 0.2) is 5.16 Å². The zero-order valence-corrected chi connectivity index (χ0v) is 20.0. The fourth-order valence-corrected chi connectivity index (χ4v) is 4.97. The van der Waals surface area contributed by atoms with E-state index in [1.54, 1.807) is 0 Å². The van der Waals surface area contributed by atoms with Crippen LogP contribution in [-0.2, 0) is 16.1 Å². The van der Waals surface area contributed by atoms with Crippen molar-refractivity contribution >= 4 is 29.3 Å². The van der Waals surface area contributed by atoms with Gasteiger partial charge < -0.3 is 14.6 Å². The third-order valence-corrected chi connectivity index (χ3v) is 7.04. The Morgan fingerprint density at radius 3 is 2.59 bits per heavy atom. The van der Waals surface area contributed by atoms with Crippen molar-refractivity contribution in [3.63, 3.8) is 0 Å². The second-order valence-electron chi connectivity index (χ2n) is 8.06. The molecule has 0 bridgehead atoms. The number of hydrogen-bond donors (Lipinski definition) is 1. The van der Waals surface area contributed by atoms with Crippen LogP contribution in [0, 0.1) is 13.8 Å². The first-order chi connectivity index (χ1) is 15.5. The first kappa shape index (κ1) is 22.9. The molecule has 1 aliphatic heterocycles. The molecule has 4 rings (SSSR count). The number of hydrogen-bond acceptors (Lipinski definition) is 4. The predicted molar refractivity (Wildman–Crippen MR) is 129 cm³/mol. The van der Waals surface area contributed by atoms with Crippen molar-refractivity contribution in [3.05, 3.63) is 82.1 Å². The van der Waals surface area contributed by atoms with E-state index >= 15 is 0 Å². The van der Waals surface area contributed by atoms with Crippen molar-refractivity contribution in [3.8, 4) is 0 Å². The number of carbonyl (C=O) groups excluding carboxylic acids is 1. The van der Waals surface area contributed by atoms with Gasteiger partial charge in [0.1, 0.15) is 0 Å². The maximum Gasteiger partial charge on any atom is 0.231 e. The zero-order chi connectivity index (χ0) is 22.5. The summed E-state index contributed by atoms with van der Waals surface area (Å²) in [7, 11) is 0. The van der Waals surface area contributed by atoms with E-state index in [-0.39, 0.29) is 18.1 Å². The average Bonchev–Trinajstić information content (AvgIpc) is 3.41. The molecule has 168 valence electrons. The maximum atomic E-state index is 13.0. The molecule has 1 aliphatic rings. The van der Waals surface area contributed by atoms with Crippen LogP contribution in [0.2, 0.25) is 5.02 Å². The fourth-order valence-electron chi connectivity index (χ4n) is 3.93. The van der Waals surface area contributed by atoms with E-state index in [1.807, 2.05) is 61.5 Å². The summed E-state index contributed by atoms with van der Waals surface area (Å²) in [5.74, 6) is 0.249. The van der Waals surface area contributed by atoms with Gasteiger partial charge in [0.2, 0.25) is 5.91 Å². The van der Waals surface area contributed by atoms with Crippen LogP contribution in [0.4, 0.5) is 0 Å². The van der Waals surface area contributed by atoms with E-state index < -0.39 is 0 Å². The highest BCUT2D eigenvalue weighted by molar-refractivity contribution is 7.99. The number of carbonyl (C=O) groups is 1. The normalized spacial score (nSPS) is 16.8. The number of rotatable bonds is 8. The van der Waals surface area contributed by atoms with Gasteiger partial charge in [0.25, 0.3) is 0 Å². The van der Waals surface area contributed by atoms with Crippen molar-refractivity contribution in [2.45, 2.75) is 50.5 Å². The Balaban J connectivity index is 1.46. The van der Waals surface area contributed by atoms with E-state index in [9.17, 15) is 4.79 Å². The molecule has 3 aromatic rings. The van der Waals surface area contributed by atoms with Gasteiger partial charge in [0, 0.05) is 17.3 Å². The molecule has 0 radical (unpaired) electrons. The Kier molecular flexibility index (Phi) is 7.55. The smallest absolute Gasteiger partial charge is 0.231 e. The molecule has 5 nitrogen and oxygen atoms in total. The summed E-state index contributed by atoms with van der Waals surface area (Å²) in [6.07, 6.45) is 2.40. The molecule has 1 aromatic heterocycles. The lowest BCUT2D eigenvalue weighted by molar-refractivity contribution is -0.119. The molecule has 0 spiro atoms. The molecule has 2 aromatic carbocycles. The van der Waals surface area contributed by atoms with Gasteiger partial charge in [-0.1, -0.05) is 65.8 Å². The first-order valence-corrected chi connectivity index (χ1v) is 12.3. The van der Waals surface area contributed by atoms with Gasteiger partial charge in [-0.05, 0) is 49.9 Å². The van der Waals surface area contributed by atoms with E-state index in [4.69, 9.17) is 21.3 Å². The van der Waals surface area contributed by atoms with E-state index in [0.29, 0.717) is 10.8 Å². The quantitative estimate of drug-likeness (QED) is 0.453. The van der Waals surface area contributed by atoms with Crippen molar-refractivity contribution in [2.75, 3.05) is 12.4 Å². The predicted octanol–water partition coefficient (Wildman–Crippen LogP) is 5.33. The van der Waals surface area contributed by atoms with Gasteiger partial charge >= 0.3 is 0 Å². The average molecular weight is 470 g/mol. The lowest BCUT2D eigenvalue weighted by Crippen LogP contribution is -2.30. The standard InChI is InChI=1S/C25H28ClN3O2S/c1-17-18(2)29(15-22-9-6-14-31-22)25(27-17)32-16-23(30)28-24(19-7-4-3-5-8-19)20-10-12-21(26)13-11-20/h3-5,7-8,10-13,22,24H,6,9,14-16H2,1-2H3,(H,28,30). The number of nitrogens with zero attached hydrogens (tertiary/aromatic N) is 2. The summed E-state index contributed by atoms with van der Waals surface area (Å²) >= 11 is 7.54. The lowest BCUT2D eigenvalue weighted by atomic mass is 9.99. The largest absolute Gasteiger partial charge is 0.376 e. The second-order valence-corrected chi connectivity index (χ2v) is 9.44. The molecule has 32 heavy (non-hydrogen) atoms. The third-order valence-electron chi connectivity index (χ3n) is 5.81. The minimum atomic E-state index is -0.239. The molecule has 1 N–H and O–H groups in total. The number of halogens is 1. The molecule has 1 amide bonds. The molecule has 0 saturated carbocycles. The Hall–Kier alpha value is -2.28. The molecule has 0 aliphatic carbocycles. The summed E-state index contributed by atoms with van der Waals surface area (Å²) in [4.78, 5) is 17.7. The van der Waals surface area contributed by atoms with Crippen LogP contribution in [0.15, 0.2) is 59.8 Å². The zero-order valence-electron chi connectivity index (χ0n) is 18.4. The number of aromatic nitrogens is 2. The van der Waals surface area contributed by atoms with Crippen LogP contribution in [0.5, 0.6) is 0 Å². The molecule has 2 atom stereocenters. The van der Waals surface area contributed by atoms with Crippen molar-refractivity contribution in [2.24, 2.45) is 0 Å². The summed E-state index contributed by atoms with van der Waals surface area (Å²) < 4.78 is 8.01. The first-order valence-electron chi connectivity index (χ1n) is 10.9. The van der Waals surface area contributed by atoms with Crippen LogP contribution < -0.4 is 5.32 Å². The maximum absolute atomic E-state index is 13.0. The van der Waals surface area contributed by atoms with Gasteiger partial charge in [0.05, 0.1) is 30.1 Å². The summed E-state index contributed by atoms with van der Waals surface area (Å²) in [5.41, 5.74) is 4.14. The Morgan fingerprint density at radius 1 is 1.19 bits per heavy atom. The second kappa shape index (κ2) is 10.6. The highest BCUT2D eigenvalue weighted by Crippen LogP contribution is 2.26. The summed E-state index contributed by atoms with van der Waals surface area (Å²) in [6, 6.07) is 17.3. The number of thioether (sulfide) groups is 1. The molecule has 1 fully saturated rings. The number of nitrogens with one attached hydrogen (secondary N) is 1. The SMILES string of the molecule is Cc1nc(SCC(=O)NC(c2ccccc2)c2ccc(Cl)cc2)n(CC2CCCO2)c1C. The monoisotopic (exact) mass is 469 g/mol. The van der Waals surface area contributed by atoms with Crippen LogP contribution in [0.1, 0.15) is 41.4 Å². The Labute approximate surface area is 198 Å². The topological polar surface area (TPSA) is 56.2 Å². The number of ether oxygens (including phenoxy) is 1. The highest BCUT2D eigenvalue weighted by Gasteiger charge is 2.22. The van der Waals surface area contributed by atoms with E-state index in [1.165, 1.54) is 11.8 Å². The number of imidazole rings is 1. The summed E-state index contributed by atoms with van der Waals surface area (Å²) in [6.45, 7) is 5.70. The van der Waals surface area contributed by atoms with Crippen LogP contribution in [-0.4, -0.2) is 33.9 Å². The molecular weight excluding hydrogens is 442 g/mol. The minimum absolute atomic E-state index is 0.0409. The number of amides is 1. The third kappa shape index (κ3) is 5.55. The van der Waals surface area contributed by atoms with E-state index in [2.05, 4.69) is 16.8 Å². The van der Waals surface area contributed by atoms with Crippen LogP contribution in [0.25, 0.3) is 0 Å². The number of aryl methyl sites for hydroxylation is 1. The molecular formula is C25H28ClN3O2S. The molecule has 1 saturated heterocycles. The van der Waals surface area contributed by atoms with Crippen molar-refractivity contribution in [1.82, 2.24) is 14.9 Å². The van der Waals surface area contributed by atoms with Crippen molar-refractivity contribution in [1.29, 1.82) is 0 Å². The minimum Gasteiger partial charge on any atom is -0.376 e.